The van der Waals surface area contributed by atoms with Gasteiger partial charge in [0.05, 0.1) is 12.2 Å². The Labute approximate surface area is 201 Å². The third kappa shape index (κ3) is 5.25. The second-order valence-corrected chi connectivity index (χ2v) is 7.92. The Balaban J connectivity index is 1.88. The average molecular weight is 505 g/mol. The third-order valence-corrected chi connectivity index (χ3v) is 5.25. The Morgan fingerprint density at radius 3 is 2.44 bits per heavy atom. The molecule has 0 saturated heterocycles. The van der Waals surface area contributed by atoms with Crippen molar-refractivity contribution in [1.29, 1.82) is 0 Å². The number of benzene rings is 1. The molecule has 1 N–H and O–H groups in total. The lowest BCUT2D eigenvalue weighted by atomic mass is 10.3. The van der Waals surface area contributed by atoms with Crippen molar-refractivity contribution in [3.05, 3.63) is 74.7 Å². The van der Waals surface area contributed by atoms with Crippen LogP contribution in [0.5, 0.6) is 17.5 Å². The van der Waals surface area contributed by atoms with E-state index in [-0.39, 0.29) is 49.0 Å². The van der Waals surface area contributed by atoms with Crippen LogP contribution in [0.2, 0.25) is 0 Å². The van der Waals surface area contributed by atoms with Gasteiger partial charge in [0.15, 0.2) is 11.2 Å². The monoisotopic (exact) mass is 505 g/mol. The zero-order chi connectivity index (χ0) is 26.0. The van der Waals surface area contributed by atoms with Crippen molar-refractivity contribution in [3.63, 3.8) is 0 Å². The summed E-state index contributed by atoms with van der Waals surface area (Å²) >= 11 is 0. The summed E-state index contributed by atoms with van der Waals surface area (Å²) in [6, 6.07) is 10.0. The Morgan fingerprint density at radius 1 is 1.03 bits per heavy atom. The summed E-state index contributed by atoms with van der Waals surface area (Å²) in [7, 11) is 1.43. The van der Waals surface area contributed by atoms with Crippen LogP contribution in [0, 0.1) is 6.92 Å². The Hall–Kier alpha value is -4.13. The quantitative estimate of drug-likeness (QED) is 0.392. The SMILES string of the molecule is Cc1cccc(Cn2c(Oc3cccc(OC(F)(F)F)c3)nc3c2c(=O)n(CCCO)c(=O)n3C)n1. The predicted octanol–water partition coefficient (Wildman–Crippen LogP) is 2.72. The first kappa shape index (κ1) is 25.0. The highest BCUT2D eigenvalue weighted by Gasteiger charge is 2.31. The normalized spacial score (nSPS) is 11.7. The first-order valence-electron chi connectivity index (χ1n) is 10.8. The highest BCUT2D eigenvalue weighted by molar-refractivity contribution is 5.72. The standard InChI is InChI=1S/C23H22F3N5O5/c1-14-6-3-7-15(27-14)13-31-18-19(29(2)22(34)30(20(18)33)10-5-11-32)28-21(31)35-16-8-4-9-17(12-16)36-23(24,25)26/h3-4,6-9,12,32H,5,10-11,13H2,1-2H3. The topological polar surface area (TPSA) is 113 Å². The molecule has 4 rings (SSSR count). The van der Waals surface area contributed by atoms with E-state index < -0.39 is 23.4 Å². The van der Waals surface area contributed by atoms with E-state index in [0.717, 1.165) is 22.4 Å². The largest absolute Gasteiger partial charge is 0.573 e. The zero-order valence-electron chi connectivity index (χ0n) is 19.3. The number of aromatic nitrogens is 5. The van der Waals surface area contributed by atoms with Gasteiger partial charge >= 0.3 is 18.1 Å². The zero-order valence-corrected chi connectivity index (χ0v) is 19.3. The second kappa shape index (κ2) is 9.85. The summed E-state index contributed by atoms with van der Waals surface area (Å²) in [4.78, 5) is 34.9. The molecule has 36 heavy (non-hydrogen) atoms. The second-order valence-electron chi connectivity index (χ2n) is 7.92. The van der Waals surface area contributed by atoms with Crippen LogP contribution >= 0.6 is 0 Å². The van der Waals surface area contributed by atoms with Crippen LogP contribution in [0.3, 0.4) is 0 Å². The summed E-state index contributed by atoms with van der Waals surface area (Å²) in [5.41, 5.74) is 0.0661. The number of aliphatic hydroxyl groups is 1. The number of rotatable bonds is 8. The molecule has 0 bridgehead atoms. The first-order chi connectivity index (χ1) is 17.1. The molecule has 0 amide bonds. The molecule has 13 heteroatoms. The lowest BCUT2D eigenvalue weighted by molar-refractivity contribution is -0.274. The molecule has 0 saturated carbocycles. The number of nitrogens with zero attached hydrogens (tertiary/aromatic N) is 5. The Morgan fingerprint density at radius 2 is 1.75 bits per heavy atom. The van der Waals surface area contributed by atoms with Gasteiger partial charge in [0.1, 0.15) is 11.5 Å². The van der Waals surface area contributed by atoms with Crippen molar-refractivity contribution < 1.29 is 27.8 Å². The fourth-order valence-corrected chi connectivity index (χ4v) is 3.69. The molecule has 3 heterocycles. The summed E-state index contributed by atoms with van der Waals surface area (Å²) in [5, 5.41) is 9.18. The molecule has 0 aliphatic heterocycles. The minimum atomic E-state index is -4.89. The summed E-state index contributed by atoms with van der Waals surface area (Å²) < 4.78 is 51.3. The van der Waals surface area contributed by atoms with Gasteiger partial charge in [-0.3, -0.25) is 23.5 Å². The van der Waals surface area contributed by atoms with E-state index in [1.807, 2.05) is 0 Å². The minimum absolute atomic E-state index is 0.0150. The molecular formula is C23H22F3N5O5. The van der Waals surface area contributed by atoms with Gasteiger partial charge in [0.25, 0.3) is 5.56 Å². The van der Waals surface area contributed by atoms with Crippen LogP contribution in [0.4, 0.5) is 13.2 Å². The summed E-state index contributed by atoms with van der Waals surface area (Å²) in [5.74, 6) is -0.530. The van der Waals surface area contributed by atoms with Gasteiger partial charge in [-0.05, 0) is 37.6 Å². The van der Waals surface area contributed by atoms with Crippen molar-refractivity contribution in [2.75, 3.05) is 6.61 Å². The van der Waals surface area contributed by atoms with Gasteiger partial charge in [0.2, 0.25) is 0 Å². The average Bonchev–Trinajstić information content (AvgIpc) is 3.15. The molecule has 4 aromatic rings. The highest BCUT2D eigenvalue weighted by Crippen LogP contribution is 2.30. The van der Waals surface area contributed by atoms with E-state index in [2.05, 4.69) is 14.7 Å². The van der Waals surface area contributed by atoms with Gasteiger partial charge in [-0.1, -0.05) is 12.1 Å². The number of halogens is 3. The van der Waals surface area contributed by atoms with E-state index >= 15 is 0 Å². The van der Waals surface area contributed by atoms with Gasteiger partial charge in [0, 0.05) is 32.0 Å². The molecule has 0 radical (unpaired) electrons. The lowest BCUT2D eigenvalue weighted by Gasteiger charge is -2.12. The van der Waals surface area contributed by atoms with Crippen LogP contribution in [-0.2, 0) is 20.1 Å². The Kier molecular flexibility index (Phi) is 6.84. The highest BCUT2D eigenvalue weighted by atomic mass is 19.4. The maximum atomic E-state index is 13.3. The van der Waals surface area contributed by atoms with Crippen molar-refractivity contribution in [1.82, 2.24) is 23.7 Å². The number of pyridine rings is 1. The van der Waals surface area contributed by atoms with E-state index in [1.54, 1.807) is 25.1 Å². The van der Waals surface area contributed by atoms with E-state index in [0.29, 0.717) is 5.69 Å². The minimum Gasteiger partial charge on any atom is -0.425 e. The molecule has 1 aromatic carbocycles. The molecule has 0 aliphatic rings. The van der Waals surface area contributed by atoms with Crippen molar-refractivity contribution in [3.8, 4) is 17.5 Å². The number of hydrogen-bond donors (Lipinski definition) is 1. The van der Waals surface area contributed by atoms with E-state index in [4.69, 9.17) is 4.74 Å². The molecule has 0 unspecified atom stereocenters. The van der Waals surface area contributed by atoms with Crippen LogP contribution in [0.15, 0.2) is 52.1 Å². The van der Waals surface area contributed by atoms with Crippen molar-refractivity contribution in [2.45, 2.75) is 32.8 Å². The molecule has 0 atom stereocenters. The van der Waals surface area contributed by atoms with E-state index in [9.17, 15) is 27.9 Å². The fourth-order valence-electron chi connectivity index (χ4n) is 3.69. The molecule has 3 aromatic heterocycles. The van der Waals surface area contributed by atoms with Crippen LogP contribution in [0.25, 0.3) is 11.2 Å². The number of aliphatic hydroxyl groups excluding tert-OH is 1. The predicted molar refractivity (Wildman–Crippen MR) is 122 cm³/mol. The summed E-state index contributed by atoms with van der Waals surface area (Å²) in [6.07, 6.45) is -4.70. The smallest absolute Gasteiger partial charge is 0.425 e. The molecule has 0 spiro atoms. The van der Waals surface area contributed by atoms with Gasteiger partial charge in [-0.15, -0.1) is 13.2 Å². The van der Waals surface area contributed by atoms with Gasteiger partial charge < -0.3 is 14.6 Å². The molecule has 190 valence electrons. The number of imidazole rings is 1. The maximum absolute atomic E-state index is 13.3. The van der Waals surface area contributed by atoms with Crippen LogP contribution < -0.4 is 20.7 Å². The molecule has 0 aliphatic carbocycles. The van der Waals surface area contributed by atoms with Crippen molar-refractivity contribution in [2.24, 2.45) is 7.05 Å². The number of hydrogen-bond acceptors (Lipinski definition) is 7. The molecule has 10 nitrogen and oxygen atoms in total. The van der Waals surface area contributed by atoms with Crippen LogP contribution in [0.1, 0.15) is 17.8 Å². The Bertz CT molecular complexity index is 1520. The third-order valence-electron chi connectivity index (χ3n) is 5.25. The van der Waals surface area contributed by atoms with E-state index in [1.165, 1.54) is 28.3 Å². The van der Waals surface area contributed by atoms with Gasteiger partial charge in [-0.2, -0.15) is 4.98 Å². The number of alkyl halides is 3. The number of ether oxygens (including phenoxy) is 2. The first-order valence-corrected chi connectivity index (χ1v) is 10.8. The lowest BCUT2D eigenvalue weighted by Crippen LogP contribution is -2.40. The fraction of sp³-hybridized carbons (Fsp3) is 0.304. The summed E-state index contributed by atoms with van der Waals surface area (Å²) in [6.45, 7) is 1.59. The van der Waals surface area contributed by atoms with Gasteiger partial charge in [-0.25, -0.2) is 4.79 Å². The van der Waals surface area contributed by atoms with Crippen molar-refractivity contribution >= 4 is 11.2 Å². The molecular weight excluding hydrogens is 483 g/mol. The maximum Gasteiger partial charge on any atom is 0.573 e. The number of aryl methyl sites for hydroxylation is 2. The van der Waals surface area contributed by atoms with Crippen LogP contribution in [-0.4, -0.2) is 41.7 Å². The molecule has 0 fully saturated rings. The number of fused-ring (bicyclic) bond motifs is 1.